The van der Waals surface area contributed by atoms with Crippen molar-refractivity contribution in [2.45, 2.75) is 117 Å². The fourth-order valence-corrected chi connectivity index (χ4v) is 4.74. The van der Waals surface area contributed by atoms with Crippen molar-refractivity contribution in [1.29, 1.82) is 0 Å². The number of hydrogen-bond acceptors (Lipinski definition) is 6. The van der Waals surface area contributed by atoms with Crippen LogP contribution in [0, 0.1) is 5.92 Å². The van der Waals surface area contributed by atoms with Crippen molar-refractivity contribution >= 4 is 23.9 Å². The minimum absolute atomic E-state index is 0.0549. The molecule has 2 N–H and O–H groups in total. The van der Waals surface area contributed by atoms with Gasteiger partial charge in [0.25, 0.3) is 0 Å². The summed E-state index contributed by atoms with van der Waals surface area (Å²) in [7, 11) is 0. The topological polar surface area (TPSA) is 114 Å². The zero-order chi connectivity index (χ0) is 33.2. The highest BCUT2D eigenvalue weighted by molar-refractivity contribution is 5.94. The second-order valence-electron chi connectivity index (χ2n) is 13.8. The van der Waals surface area contributed by atoms with Gasteiger partial charge in [-0.05, 0) is 78.9 Å². The number of alkyl carbamates (subject to hydrolysis) is 1. The predicted octanol–water partition coefficient (Wildman–Crippen LogP) is 5.97. The van der Waals surface area contributed by atoms with Gasteiger partial charge in [0.15, 0.2) is 0 Å². The van der Waals surface area contributed by atoms with E-state index in [1.165, 1.54) is 4.90 Å². The number of carbonyl (C=O) groups is 4. The molecule has 0 saturated heterocycles. The summed E-state index contributed by atoms with van der Waals surface area (Å²) in [5.41, 5.74) is -0.118. The highest BCUT2D eigenvalue weighted by Gasteiger charge is 2.39. The van der Waals surface area contributed by atoms with Gasteiger partial charge >= 0.3 is 12.1 Å². The summed E-state index contributed by atoms with van der Waals surface area (Å²) in [6.45, 7) is 18.1. The Balaban J connectivity index is 2.54. The van der Waals surface area contributed by atoms with E-state index in [1.54, 1.807) is 65.8 Å². The number of benzene rings is 2. The van der Waals surface area contributed by atoms with E-state index in [0.29, 0.717) is 12.0 Å². The summed E-state index contributed by atoms with van der Waals surface area (Å²) in [5.74, 6) is -1.49. The molecule has 3 amide bonds. The first kappa shape index (κ1) is 36.3. The summed E-state index contributed by atoms with van der Waals surface area (Å²) in [5, 5.41) is 5.65. The van der Waals surface area contributed by atoms with Crippen molar-refractivity contribution in [1.82, 2.24) is 15.5 Å². The second-order valence-corrected chi connectivity index (χ2v) is 13.8. The number of carbonyl (C=O) groups excluding carboxylic acids is 4. The number of nitrogens with zero attached hydrogens (tertiary/aromatic N) is 1. The first-order valence-electron chi connectivity index (χ1n) is 15.3. The van der Waals surface area contributed by atoms with E-state index in [1.807, 2.05) is 64.1 Å². The van der Waals surface area contributed by atoms with Crippen LogP contribution in [0.1, 0.15) is 92.8 Å². The Bertz CT molecular complexity index is 1230. The van der Waals surface area contributed by atoms with Crippen molar-refractivity contribution in [3.8, 4) is 0 Å². The third-order valence-electron chi connectivity index (χ3n) is 6.44. The largest absolute Gasteiger partial charge is 0.458 e. The Hall–Kier alpha value is -3.88. The molecule has 2 aromatic rings. The lowest BCUT2D eigenvalue weighted by Crippen LogP contribution is -2.56. The summed E-state index contributed by atoms with van der Waals surface area (Å²) in [6, 6.07) is 14.8. The van der Waals surface area contributed by atoms with Crippen molar-refractivity contribution in [2.75, 3.05) is 0 Å². The Morgan fingerprint density at radius 2 is 1.25 bits per heavy atom. The minimum atomic E-state index is -1.10. The number of ether oxygens (including phenoxy) is 2. The van der Waals surface area contributed by atoms with Crippen molar-refractivity contribution < 1.29 is 28.7 Å². The van der Waals surface area contributed by atoms with Crippen LogP contribution in [0.25, 0.3) is 0 Å². The van der Waals surface area contributed by atoms with Crippen LogP contribution in [0.5, 0.6) is 0 Å². The third-order valence-corrected chi connectivity index (χ3v) is 6.44. The van der Waals surface area contributed by atoms with Gasteiger partial charge in [-0.25, -0.2) is 9.59 Å². The first-order chi connectivity index (χ1) is 20.4. The van der Waals surface area contributed by atoms with Crippen LogP contribution in [-0.2, 0) is 30.3 Å². The van der Waals surface area contributed by atoms with Crippen LogP contribution < -0.4 is 10.6 Å². The Morgan fingerprint density at radius 3 is 1.73 bits per heavy atom. The van der Waals surface area contributed by atoms with E-state index in [9.17, 15) is 19.2 Å². The Labute approximate surface area is 263 Å². The van der Waals surface area contributed by atoms with E-state index in [2.05, 4.69) is 10.6 Å². The lowest BCUT2D eigenvalue weighted by molar-refractivity contribution is -0.159. The smallest absolute Gasteiger partial charge is 0.408 e. The van der Waals surface area contributed by atoms with E-state index in [-0.39, 0.29) is 12.3 Å². The molecule has 0 spiro atoms. The first-order valence-corrected chi connectivity index (χ1v) is 15.3. The van der Waals surface area contributed by atoms with Crippen LogP contribution in [-0.4, -0.2) is 58.1 Å². The van der Waals surface area contributed by atoms with E-state index in [0.717, 1.165) is 5.56 Å². The number of nitrogens with one attached hydrogen (secondary N) is 2. The molecule has 3 atom stereocenters. The van der Waals surface area contributed by atoms with E-state index >= 15 is 0 Å². The molecular weight excluding hydrogens is 558 g/mol. The highest BCUT2D eigenvalue weighted by Crippen LogP contribution is 2.27. The summed E-state index contributed by atoms with van der Waals surface area (Å²) < 4.78 is 11.1. The maximum absolute atomic E-state index is 14.3. The molecule has 9 heteroatoms. The molecule has 0 aliphatic heterocycles. The molecule has 2 aromatic carbocycles. The van der Waals surface area contributed by atoms with Crippen LogP contribution in [0.4, 0.5) is 4.79 Å². The van der Waals surface area contributed by atoms with Gasteiger partial charge in [0, 0.05) is 12.5 Å². The van der Waals surface area contributed by atoms with Gasteiger partial charge in [-0.3, -0.25) is 9.59 Å². The number of rotatable bonds is 12. The van der Waals surface area contributed by atoms with Gasteiger partial charge in [0.2, 0.25) is 11.8 Å². The van der Waals surface area contributed by atoms with Crippen LogP contribution in [0.15, 0.2) is 60.7 Å². The number of esters is 1. The van der Waals surface area contributed by atoms with Gasteiger partial charge < -0.3 is 25.0 Å². The number of hydrogen-bond donors (Lipinski definition) is 2. The van der Waals surface area contributed by atoms with Gasteiger partial charge in [-0.15, -0.1) is 0 Å². The molecule has 0 saturated carbocycles. The molecule has 242 valence electrons. The Morgan fingerprint density at radius 1 is 0.727 bits per heavy atom. The van der Waals surface area contributed by atoms with Gasteiger partial charge in [0.1, 0.15) is 29.3 Å². The van der Waals surface area contributed by atoms with E-state index < -0.39 is 59.2 Å². The molecule has 9 nitrogen and oxygen atoms in total. The lowest BCUT2D eigenvalue weighted by atomic mass is 9.97. The normalized spacial score (nSPS) is 13.9. The highest BCUT2D eigenvalue weighted by atomic mass is 16.6. The lowest BCUT2D eigenvalue weighted by Gasteiger charge is -2.38. The van der Waals surface area contributed by atoms with Crippen molar-refractivity contribution in [3.63, 3.8) is 0 Å². The minimum Gasteiger partial charge on any atom is -0.458 e. The molecule has 2 rings (SSSR count). The average Bonchev–Trinajstić information content (AvgIpc) is 2.89. The fourth-order valence-electron chi connectivity index (χ4n) is 4.74. The molecule has 3 unspecified atom stereocenters. The van der Waals surface area contributed by atoms with Crippen molar-refractivity contribution in [3.05, 3.63) is 71.8 Å². The molecule has 0 bridgehead atoms. The van der Waals surface area contributed by atoms with E-state index in [4.69, 9.17) is 9.47 Å². The summed E-state index contributed by atoms with van der Waals surface area (Å²) in [4.78, 5) is 56.3. The molecule has 0 heterocycles. The SMILES string of the molecule is CC(C)CC(NC(=O)OC(C)(C)C)C(=O)N(C(C)C)C(C(=O)NC(Cc1ccccc1)C(=O)OC(C)(C)C)c1ccccc1. The van der Waals surface area contributed by atoms with Gasteiger partial charge in [-0.1, -0.05) is 74.5 Å². The molecule has 0 radical (unpaired) electrons. The zero-order valence-electron chi connectivity index (χ0n) is 28.0. The predicted molar refractivity (Wildman–Crippen MR) is 172 cm³/mol. The van der Waals surface area contributed by atoms with Crippen molar-refractivity contribution in [2.24, 2.45) is 5.92 Å². The van der Waals surface area contributed by atoms with Crippen LogP contribution in [0.2, 0.25) is 0 Å². The fraction of sp³-hybridized carbons (Fsp3) is 0.543. The maximum atomic E-state index is 14.3. The molecule has 0 aliphatic rings. The molecule has 0 aromatic heterocycles. The third kappa shape index (κ3) is 12.0. The van der Waals surface area contributed by atoms with Crippen LogP contribution >= 0.6 is 0 Å². The Kier molecular flexibility index (Phi) is 13.0. The van der Waals surface area contributed by atoms with Gasteiger partial charge in [0.05, 0.1) is 0 Å². The summed E-state index contributed by atoms with van der Waals surface area (Å²) in [6.07, 6.45) is -0.179. The standard InChI is InChI=1S/C35H51N3O6/c1-23(2)21-27(37-33(42)44-35(8,9)10)31(40)38(24(3)4)29(26-19-15-12-16-20-26)30(39)36-28(32(41)43-34(5,6)7)22-25-17-13-11-14-18-25/h11-20,23-24,27-29H,21-22H2,1-10H3,(H,36,39)(H,37,42). The molecule has 0 fully saturated rings. The molecule has 44 heavy (non-hydrogen) atoms. The summed E-state index contributed by atoms with van der Waals surface area (Å²) >= 11 is 0. The van der Waals surface area contributed by atoms with Gasteiger partial charge in [-0.2, -0.15) is 0 Å². The number of amides is 3. The monoisotopic (exact) mass is 609 g/mol. The quantitative estimate of drug-likeness (QED) is 0.287. The maximum Gasteiger partial charge on any atom is 0.408 e. The average molecular weight is 610 g/mol. The molecule has 0 aliphatic carbocycles. The second kappa shape index (κ2) is 15.7. The molecular formula is C35H51N3O6. The van der Waals surface area contributed by atoms with Crippen LogP contribution in [0.3, 0.4) is 0 Å². The zero-order valence-corrected chi connectivity index (χ0v) is 28.0.